The molecule has 0 aromatic carbocycles. The molecule has 0 fully saturated rings. The van der Waals surface area contributed by atoms with Crippen molar-refractivity contribution in [3.63, 3.8) is 0 Å². The second-order valence-corrected chi connectivity index (χ2v) is 5.40. The molecule has 0 aliphatic heterocycles. The topological polar surface area (TPSA) is 80.8 Å². The monoisotopic (exact) mass is 310 g/mol. The van der Waals surface area contributed by atoms with Gasteiger partial charge in [0.25, 0.3) is 0 Å². The van der Waals surface area contributed by atoms with E-state index >= 15 is 0 Å². The highest BCUT2D eigenvalue weighted by Gasteiger charge is 2.18. The largest absolute Gasteiger partial charge is 0.338 e. The van der Waals surface area contributed by atoms with Gasteiger partial charge >= 0.3 is 0 Å². The van der Waals surface area contributed by atoms with Crippen LogP contribution >= 0.6 is 0 Å². The summed E-state index contributed by atoms with van der Waals surface area (Å²) >= 11 is 0. The summed E-state index contributed by atoms with van der Waals surface area (Å²) in [5, 5.41) is 3.83. The number of nitrogens with zero attached hydrogens (tertiary/aromatic N) is 6. The van der Waals surface area contributed by atoms with Crippen LogP contribution in [-0.2, 0) is 6.54 Å². The number of hydrogen-bond donors (Lipinski definition) is 0. The van der Waals surface area contributed by atoms with Crippen LogP contribution in [0.3, 0.4) is 0 Å². The number of pyridine rings is 1. The molecule has 0 aliphatic rings. The quantitative estimate of drug-likeness (QED) is 0.715. The van der Waals surface area contributed by atoms with E-state index in [0.717, 1.165) is 11.3 Å². The Morgan fingerprint density at radius 3 is 2.57 bits per heavy atom. The van der Waals surface area contributed by atoms with Crippen LogP contribution in [0.4, 0.5) is 0 Å². The predicted octanol–water partition coefficient (Wildman–Crippen LogP) is 2.42. The second-order valence-electron chi connectivity index (χ2n) is 5.40. The number of hydrogen-bond acceptors (Lipinski definition) is 7. The van der Waals surface area contributed by atoms with Crippen LogP contribution in [-0.4, -0.2) is 37.0 Å². The molecule has 3 rings (SSSR count). The van der Waals surface area contributed by atoms with Crippen molar-refractivity contribution in [2.75, 3.05) is 7.05 Å². The first kappa shape index (κ1) is 15.2. The first-order chi connectivity index (χ1) is 11.1. The number of rotatable bonds is 5. The maximum absolute atomic E-state index is 5.22. The fraction of sp³-hybridized carbons (Fsp3) is 0.312. The molecule has 7 heteroatoms. The van der Waals surface area contributed by atoms with Crippen LogP contribution in [0.2, 0.25) is 0 Å². The lowest BCUT2D eigenvalue weighted by Gasteiger charge is -2.21. The van der Waals surface area contributed by atoms with Gasteiger partial charge in [0.1, 0.15) is 5.69 Å². The Hall–Kier alpha value is -2.67. The lowest BCUT2D eigenvalue weighted by Crippen LogP contribution is -2.22. The zero-order valence-electron chi connectivity index (χ0n) is 13.3. The maximum atomic E-state index is 5.22. The van der Waals surface area contributed by atoms with E-state index in [9.17, 15) is 0 Å². The molecule has 0 aliphatic carbocycles. The van der Waals surface area contributed by atoms with E-state index < -0.39 is 0 Å². The van der Waals surface area contributed by atoms with Crippen molar-refractivity contribution in [1.82, 2.24) is 30.0 Å². The standard InChI is InChI=1S/C16H18N6O/c1-11(16-20-12(2)21-23-16)22(3)10-13-8-18-15(19-9-13)14-6-4-5-7-17-14/h4-9,11H,10H2,1-3H3. The molecule has 0 spiro atoms. The summed E-state index contributed by atoms with van der Waals surface area (Å²) in [7, 11) is 2.00. The summed E-state index contributed by atoms with van der Waals surface area (Å²) in [6.45, 7) is 4.52. The van der Waals surface area contributed by atoms with E-state index in [1.54, 1.807) is 6.20 Å². The third-order valence-electron chi connectivity index (χ3n) is 3.59. The molecule has 1 unspecified atom stereocenters. The highest BCUT2D eigenvalue weighted by atomic mass is 16.5. The van der Waals surface area contributed by atoms with Crippen molar-refractivity contribution in [2.45, 2.75) is 26.4 Å². The third-order valence-corrected chi connectivity index (χ3v) is 3.59. The highest BCUT2D eigenvalue weighted by Crippen LogP contribution is 2.19. The summed E-state index contributed by atoms with van der Waals surface area (Å²) < 4.78 is 5.22. The lowest BCUT2D eigenvalue weighted by molar-refractivity contribution is 0.202. The van der Waals surface area contributed by atoms with Crippen LogP contribution in [0.5, 0.6) is 0 Å². The van der Waals surface area contributed by atoms with Crippen LogP contribution in [0, 0.1) is 6.92 Å². The molecule has 0 saturated carbocycles. The molecule has 1 atom stereocenters. The van der Waals surface area contributed by atoms with E-state index in [1.165, 1.54) is 0 Å². The van der Waals surface area contributed by atoms with E-state index in [2.05, 4.69) is 30.0 Å². The van der Waals surface area contributed by atoms with Crippen molar-refractivity contribution >= 4 is 0 Å². The van der Waals surface area contributed by atoms with E-state index in [-0.39, 0.29) is 6.04 Å². The molecule has 0 bridgehead atoms. The van der Waals surface area contributed by atoms with Crippen molar-refractivity contribution in [3.05, 3.63) is 54.1 Å². The van der Waals surface area contributed by atoms with Crippen LogP contribution in [0.15, 0.2) is 41.3 Å². The number of aromatic nitrogens is 5. The zero-order valence-corrected chi connectivity index (χ0v) is 13.3. The van der Waals surface area contributed by atoms with Crippen molar-refractivity contribution in [1.29, 1.82) is 0 Å². The van der Waals surface area contributed by atoms with Gasteiger partial charge in [-0.05, 0) is 33.0 Å². The molecule has 0 N–H and O–H groups in total. The Labute approximate surface area is 134 Å². The Morgan fingerprint density at radius 2 is 1.96 bits per heavy atom. The molecular weight excluding hydrogens is 292 g/mol. The normalized spacial score (nSPS) is 12.5. The Kier molecular flexibility index (Phi) is 4.38. The smallest absolute Gasteiger partial charge is 0.243 e. The Bertz CT molecular complexity index is 756. The van der Waals surface area contributed by atoms with Gasteiger partial charge in [-0.2, -0.15) is 4.98 Å². The van der Waals surface area contributed by atoms with Gasteiger partial charge in [-0.15, -0.1) is 0 Å². The summed E-state index contributed by atoms with van der Waals surface area (Å²) in [6, 6.07) is 5.70. The van der Waals surface area contributed by atoms with Crippen LogP contribution in [0.1, 0.15) is 30.2 Å². The molecule has 3 heterocycles. The van der Waals surface area contributed by atoms with Gasteiger partial charge in [-0.3, -0.25) is 9.88 Å². The van der Waals surface area contributed by atoms with Crippen molar-refractivity contribution < 1.29 is 4.52 Å². The maximum Gasteiger partial charge on any atom is 0.243 e. The summed E-state index contributed by atoms with van der Waals surface area (Å²) in [5.74, 6) is 1.87. The zero-order chi connectivity index (χ0) is 16.2. The highest BCUT2D eigenvalue weighted by molar-refractivity contribution is 5.47. The molecule has 0 amide bonds. The van der Waals surface area contributed by atoms with Gasteiger partial charge in [-0.25, -0.2) is 9.97 Å². The van der Waals surface area contributed by atoms with Crippen LogP contribution < -0.4 is 0 Å². The minimum atomic E-state index is 0.0201. The first-order valence-corrected chi connectivity index (χ1v) is 7.36. The minimum Gasteiger partial charge on any atom is -0.338 e. The fourth-order valence-corrected chi connectivity index (χ4v) is 2.16. The molecule has 3 aromatic rings. The predicted molar refractivity (Wildman–Crippen MR) is 84.2 cm³/mol. The summed E-state index contributed by atoms with van der Waals surface area (Å²) in [6.07, 6.45) is 5.37. The Balaban J connectivity index is 1.68. The molecule has 23 heavy (non-hydrogen) atoms. The van der Waals surface area contributed by atoms with Crippen molar-refractivity contribution in [2.24, 2.45) is 0 Å². The SMILES string of the molecule is Cc1noc(C(C)N(C)Cc2cnc(-c3ccccn3)nc2)n1. The van der Waals surface area contributed by atoms with Gasteiger partial charge in [0.2, 0.25) is 5.89 Å². The fourth-order valence-electron chi connectivity index (χ4n) is 2.16. The molecular formula is C16H18N6O. The molecule has 7 nitrogen and oxygen atoms in total. The van der Waals surface area contributed by atoms with E-state index in [0.29, 0.717) is 24.1 Å². The van der Waals surface area contributed by atoms with Gasteiger partial charge < -0.3 is 4.52 Å². The molecule has 118 valence electrons. The average molecular weight is 310 g/mol. The first-order valence-electron chi connectivity index (χ1n) is 7.36. The average Bonchev–Trinajstić information content (AvgIpc) is 3.02. The second kappa shape index (κ2) is 6.62. The lowest BCUT2D eigenvalue weighted by atomic mass is 10.2. The summed E-state index contributed by atoms with van der Waals surface area (Å²) in [5.41, 5.74) is 1.78. The van der Waals surface area contributed by atoms with Crippen molar-refractivity contribution in [3.8, 4) is 11.5 Å². The summed E-state index contributed by atoms with van der Waals surface area (Å²) in [4.78, 5) is 19.4. The molecule has 3 aromatic heterocycles. The minimum absolute atomic E-state index is 0.0201. The Morgan fingerprint density at radius 1 is 1.17 bits per heavy atom. The van der Waals surface area contributed by atoms with E-state index in [1.807, 2.05) is 51.5 Å². The van der Waals surface area contributed by atoms with Gasteiger partial charge in [0.15, 0.2) is 11.6 Å². The van der Waals surface area contributed by atoms with Gasteiger partial charge in [-0.1, -0.05) is 11.2 Å². The van der Waals surface area contributed by atoms with E-state index in [4.69, 9.17) is 4.52 Å². The third kappa shape index (κ3) is 3.57. The number of aryl methyl sites for hydroxylation is 1. The molecule has 0 saturated heterocycles. The molecule has 0 radical (unpaired) electrons. The van der Waals surface area contributed by atoms with Crippen LogP contribution in [0.25, 0.3) is 11.5 Å². The van der Waals surface area contributed by atoms with Gasteiger partial charge in [0, 0.05) is 30.7 Å². The van der Waals surface area contributed by atoms with Gasteiger partial charge in [0.05, 0.1) is 6.04 Å².